The van der Waals surface area contributed by atoms with Crippen molar-refractivity contribution < 1.29 is 22.7 Å². The van der Waals surface area contributed by atoms with E-state index in [0.717, 1.165) is 0 Å². The SMILES string of the molecule is COc1ccc(Cl)cc1S(=O)(=O)c1cnc(N2CCN(C(=O)OC(C)(C)C)CC2)nc1N. The van der Waals surface area contributed by atoms with Crippen LogP contribution in [0, 0.1) is 0 Å². The molecule has 1 aromatic heterocycles. The van der Waals surface area contributed by atoms with Gasteiger partial charge in [0.1, 0.15) is 27.0 Å². The number of benzene rings is 1. The Kier molecular flexibility index (Phi) is 6.70. The Morgan fingerprint density at radius 3 is 2.38 bits per heavy atom. The van der Waals surface area contributed by atoms with Gasteiger partial charge in [-0.2, -0.15) is 4.98 Å². The summed E-state index contributed by atoms with van der Waals surface area (Å²) in [6, 6.07) is 4.28. The van der Waals surface area contributed by atoms with Crippen molar-refractivity contribution in [2.24, 2.45) is 0 Å². The smallest absolute Gasteiger partial charge is 0.410 e. The van der Waals surface area contributed by atoms with Gasteiger partial charge in [0.2, 0.25) is 15.8 Å². The fraction of sp³-hybridized carbons (Fsp3) is 0.450. The Balaban J connectivity index is 1.78. The number of hydrogen-bond donors (Lipinski definition) is 1. The van der Waals surface area contributed by atoms with Crippen LogP contribution < -0.4 is 15.4 Å². The number of sulfone groups is 1. The minimum atomic E-state index is -4.07. The van der Waals surface area contributed by atoms with Gasteiger partial charge in [-0.25, -0.2) is 18.2 Å². The van der Waals surface area contributed by atoms with E-state index in [1.54, 1.807) is 4.90 Å². The predicted molar refractivity (Wildman–Crippen MR) is 120 cm³/mol. The van der Waals surface area contributed by atoms with Gasteiger partial charge in [-0.3, -0.25) is 0 Å². The number of ether oxygens (including phenoxy) is 2. The number of nitrogens with two attached hydrogens (primary N) is 1. The van der Waals surface area contributed by atoms with Crippen molar-refractivity contribution in [3.05, 3.63) is 29.4 Å². The molecule has 0 atom stereocenters. The first kappa shape index (κ1) is 23.9. The lowest BCUT2D eigenvalue weighted by molar-refractivity contribution is 0.0240. The second-order valence-electron chi connectivity index (χ2n) is 8.17. The molecule has 2 heterocycles. The number of piperazine rings is 1. The quantitative estimate of drug-likeness (QED) is 0.697. The first-order valence-electron chi connectivity index (χ1n) is 9.86. The number of nitrogens with zero attached hydrogens (tertiary/aromatic N) is 4. The maximum Gasteiger partial charge on any atom is 0.410 e. The molecule has 2 N–H and O–H groups in total. The van der Waals surface area contributed by atoms with Gasteiger partial charge in [-0.1, -0.05) is 11.6 Å². The zero-order chi connectivity index (χ0) is 23.7. The van der Waals surface area contributed by atoms with Gasteiger partial charge in [0, 0.05) is 31.2 Å². The molecule has 10 nitrogen and oxygen atoms in total. The summed E-state index contributed by atoms with van der Waals surface area (Å²) in [5.74, 6) is 0.228. The lowest BCUT2D eigenvalue weighted by atomic mass is 10.2. The third kappa shape index (κ3) is 5.16. The third-order valence-corrected chi connectivity index (χ3v) is 6.72. The summed E-state index contributed by atoms with van der Waals surface area (Å²) >= 11 is 5.98. The van der Waals surface area contributed by atoms with Gasteiger partial charge in [-0.15, -0.1) is 0 Å². The van der Waals surface area contributed by atoms with Crippen molar-refractivity contribution in [1.82, 2.24) is 14.9 Å². The summed E-state index contributed by atoms with van der Waals surface area (Å²) in [7, 11) is -2.70. The number of hydrogen-bond acceptors (Lipinski definition) is 9. The molecule has 3 rings (SSSR count). The summed E-state index contributed by atoms with van der Waals surface area (Å²) < 4.78 is 36.8. The van der Waals surface area contributed by atoms with Crippen LogP contribution in [0.4, 0.5) is 16.6 Å². The van der Waals surface area contributed by atoms with Gasteiger partial charge in [-0.05, 0) is 39.0 Å². The highest BCUT2D eigenvalue weighted by Gasteiger charge is 2.29. The first-order valence-corrected chi connectivity index (χ1v) is 11.7. The van der Waals surface area contributed by atoms with E-state index in [9.17, 15) is 13.2 Å². The fourth-order valence-electron chi connectivity index (χ4n) is 3.13. The molecule has 0 spiro atoms. The fourth-order valence-corrected chi connectivity index (χ4v) is 4.81. The summed E-state index contributed by atoms with van der Waals surface area (Å²) in [6.07, 6.45) is 0.794. The van der Waals surface area contributed by atoms with Crippen LogP contribution in [0.25, 0.3) is 0 Å². The zero-order valence-electron chi connectivity index (χ0n) is 18.3. The zero-order valence-corrected chi connectivity index (χ0v) is 19.9. The number of rotatable bonds is 4. The van der Waals surface area contributed by atoms with E-state index in [2.05, 4.69) is 9.97 Å². The molecule has 12 heteroatoms. The Bertz CT molecular complexity index is 1110. The third-order valence-electron chi connectivity index (χ3n) is 4.69. The van der Waals surface area contributed by atoms with Crippen molar-refractivity contribution in [3.63, 3.8) is 0 Å². The van der Waals surface area contributed by atoms with Crippen LogP contribution in [0.5, 0.6) is 5.75 Å². The summed E-state index contributed by atoms with van der Waals surface area (Å²) in [5.41, 5.74) is 5.44. The highest BCUT2D eigenvalue weighted by molar-refractivity contribution is 7.91. The molecular weight excluding hydrogens is 458 g/mol. The second kappa shape index (κ2) is 8.99. The van der Waals surface area contributed by atoms with E-state index >= 15 is 0 Å². The Labute approximate surface area is 192 Å². The molecule has 1 aliphatic heterocycles. The van der Waals surface area contributed by atoms with Crippen molar-refractivity contribution in [2.45, 2.75) is 36.2 Å². The highest BCUT2D eigenvalue weighted by atomic mass is 35.5. The molecule has 0 bridgehead atoms. The van der Waals surface area contributed by atoms with Crippen molar-refractivity contribution in [3.8, 4) is 5.75 Å². The molecule has 0 radical (unpaired) electrons. The van der Waals surface area contributed by atoms with Crippen LogP contribution in [-0.4, -0.2) is 68.3 Å². The largest absolute Gasteiger partial charge is 0.495 e. The second-order valence-corrected chi connectivity index (χ2v) is 10.5. The minimum Gasteiger partial charge on any atom is -0.495 e. The molecular formula is C20H26ClN5O5S. The van der Waals surface area contributed by atoms with Crippen LogP contribution in [-0.2, 0) is 14.6 Å². The van der Waals surface area contributed by atoms with E-state index in [-0.39, 0.29) is 38.4 Å². The Hall–Kier alpha value is -2.79. The first-order chi connectivity index (χ1) is 14.9. The van der Waals surface area contributed by atoms with Crippen molar-refractivity contribution >= 4 is 39.3 Å². The van der Waals surface area contributed by atoms with Crippen LogP contribution in [0.2, 0.25) is 5.02 Å². The molecule has 32 heavy (non-hydrogen) atoms. The molecule has 1 saturated heterocycles. The molecule has 1 fully saturated rings. The molecule has 2 aromatic rings. The van der Waals surface area contributed by atoms with E-state index in [4.69, 9.17) is 26.8 Å². The standard InChI is InChI=1S/C20H26ClN5O5S/c1-20(2,3)31-19(27)26-9-7-25(8-10-26)18-23-12-16(17(22)24-18)32(28,29)15-11-13(21)5-6-14(15)30-4/h5-6,11-12H,7-10H2,1-4H3,(H2,22,23,24). The number of carbonyl (C=O) groups excluding carboxylic acids is 1. The topological polar surface area (TPSA) is 128 Å². The predicted octanol–water partition coefficient (Wildman–Crippen LogP) is 2.61. The molecule has 1 aliphatic rings. The van der Waals surface area contributed by atoms with Gasteiger partial charge < -0.3 is 25.0 Å². The minimum absolute atomic E-state index is 0.124. The molecule has 1 aromatic carbocycles. The van der Waals surface area contributed by atoms with Crippen LogP contribution in [0.15, 0.2) is 34.2 Å². The van der Waals surface area contributed by atoms with Gasteiger partial charge in [0.05, 0.1) is 13.3 Å². The number of methoxy groups -OCH3 is 1. The number of nitrogen functional groups attached to an aromatic ring is 1. The highest BCUT2D eigenvalue weighted by Crippen LogP contribution is 2.33. The van der Waals surface area contributed by atoms with Gasteiger partial charge in [0.25, 0.3) is 0 Å². The number of carbonyl (C=O) groups is 1. The number of aromatic nitrogens is 2. The lowest BCUT2D eigenvalue weighted by Crippen LogP contribution is -2.50. The molecule has 1 amide bonds. The summed E-state index contributed by atoms with van der Waals surface area (Å²) in [6.45, 7) is 7.17. The number of anilines is 2. The number of halogens is 1. The van der Waals surface area contributed by atoms with Crippen molar-refractivity contribution in [1.29, 1.82) is 0 Å². The average molecular weight is 484 g/mol. The van der Waals surface area contributed by atoms with E-state index < -0.39 is 15.4 Å². The lowest BCUT2D eigenvalue weighted by Gasteiger charge is -2.35. The molecule has 0 aliphatic carbocycles. The normalized spacial score (nSPS) is 14.9. The van der Waals surface area contributed by atoms with Crippen LogP contribution in [0.1, 0.15) is 20.8 Å². The van der Waals surface area contributed by atoms with Gasteiger partial charge >= 0.3 is 6.09 Å². The summed E-state index contributed by atoms with van der Waals surface area (Å²) in [4.78, 5) is 23.7. The maximum absolute atomic E-state index is 13.1. The van der Waals surface area contributed by atoms with Crippen molar-refractivity contribution in [2.75, 3.05) is 43.9 Å². The van der Waals surface area contributed by atoms with Crippen LogP contribution in [0.3, 0.4) is 0 Å². The Morgan fingerprint density at radius 2 is 1.81 bits per heavy atom. The van der Waals surface area contributed by atoms with E-state index in [1.807, 2.05) is 25.7 Å². The average Bonchev–Trinajstić information content (AvgIpc) is 2.72. The monoisotopic (exact) mass is 483 g/mol. The van der Waals surface area contributed by atoms with Crippen LogP contribution >= 0.6 is 11.6 Å². The van der Waals surface area contributed by atoms with E-state index in [1.165, 1.54) is 31.5 Å². The number of amides is 1. The molecule has 174 valence electrons. The molecule has 0 unspecified atom stereocenters. The van der Waals surface area contributed by atoms with Gasteiger partial charge in [0.15, 0.2) is 0 Å². The molecule has 0 saturated carbocycles. The van der Waals surface area contributed by atoms with E-state index in [0.29, 0.717) is 26.2 Å². The maximum atomic E-state index is 13.1. The Morgan fingerprint density at radius 1 is 1.16 bits per heavy atom. The summed E-state index contributed by atoms with van der Waals surface area (Å²) in [5, 5.41) is 0.239.